The lowest BCUT2D eigenvalue weighted by molar-refractivity contribution is -0.0978. The first-order valence-electron chi connectivity index (χ1n) is 10.0. The molecule has 2 aromatic rings. The number of urea groups is 1. The first kappa shape index (κ1) is 22.8. The maximum absolute atomic E-state index is 12.2. The first-order valence-corrected chi connectivity index (χ1v) is 10.0. The molecule has 5 nitrogen and oxygen atoms in total. The predicted octanol–water partition coefficient (Wildman–Crippen LogP) is 4.71. The topological polar surface area (TPSA) is 61.8 Å². The van der Waals surface area contributed by atoms with Gasteiger partial charge in [0.05, 0.1) is 19.2 Å². The summed E-state index contributed by atoms with van der Waals surface area (Å²) in [5.41, 5.74) is 2.89. The molecule has 1 fully saturated rings. The number of benzene rings is 2. The van der Waals surface area contributed by atoms with E-state index < -0.39 is 11.3 Å². The zero-order valence-electron chi connectivity index (χ0n) is 18.7. The lowest BCUT2D eigenvalue weighted by Gasteiger charge is -2.39. The molecule has 0 bridgehead atoms. The van der Waals surface area contributed by atoms with Gasteiger partial charge >= 0.3 is 6.03 Å². The van der Waals surface area contributed by atoms with Crippen molar-refractivity contribution in [3.63, 3.8) is 0 Å². The third-order valence-corrected chi connectivity index (χ3v) is 6.07. The highest BCUT2D eigenvalue weighted by molar-refractivity contribution is 5.79. The number of nitrogens with zero attached hydrogens (tertiary/aromatic N) is 1. The standard InChI is InChI=1S/C16H24N2O2.C8H10O/c1-6-15(4)16(5,20)18(14(19)17-15)10-13-8-7-11(2)12(3)9-13;1-7-3-5-8(9-2)6-4-7/h7-9,20H,6,10H2,1-5H3,(H,17,19);3-6H,1-2H3. The monoisotopic (exact) mass is 398 g/mol. The van der Waals surface area contributed by atoms with Gasteiger partial charge in [0, 0.05) is 0 Å². The molecule has 2 amide bonds. The van der Waals surface area contributed by atoms with Gasteiger partial charge in [-0.2, -0.15) is 0 Å². The number of aliphatic hydroxyl groups is 1. The Morgan fingerprint density at radius 1 is 1.03 bits per heavy atom. The van der Waals surface area contributed by atoms with Crippen molar-refractivity contribution in [2.45, 2.75) is 65.8 Å². The van der Waals surface area contributed by atoms with E-state index in [2.05, 4.69) is 32.2 Å². The largest absolute Gasteiger partial charge is 0.497 e. The number of carbonyl (C=O) groups excluding carboxylic acids is 1. The number of ether oxygens (including phenoxy) is 1. The molecule has 29 heavy (non-hydrogen) atoms. The molecular formula is C24H34N2O3. The Balaban J connectivity index is 0.000000278. The lowest BCUT2D eigenvalue weighted by atomic mass is 9.88. The van der Waals surface area contributed by atoms with Gasteiger partial charge in [-0.3, -0.25) is 4.90 Å². The Kier molecular flexibility index (Phi) is 6.96. The fourth-order valence-electron chi connectivity index (χ4n) is 3.33. The van der Waals surface area contributed by atoms with Crippen LogP contribution in [0.3, 0.4) is 0 Å². The number of hydrogen-bond acceptors (Lipinski definition) is 3. The van der Waals surface area contributed by atoms with Crippen molar-refractivity contribution in [2.75, 3.05) is 7.11 Å². The van der Waals surface area contributed by atoms with Crippen molar-refractivity contribution in [3.8, 4) is 5.75 Å². The van der Waals surface area contributed by atoms with Gasteiger partial charge < -0.3 is 15.2 Å². The minimum atomic E-state index is -1.20. The van der Waals surface area contributed by atoms with Crippen molar-refractivity contribution in [1.29, 1.82) is 0 Å². The summed E-state index contributed by atoms with van der Waals surface area (Å²) in [5.74, 6) is 0.917. The number of amides is 2. The smallest absolute Gasteiger partial charge is 0.320 e. The van der Waals surface area contributed by atoms with E-state index >= 15 is 0 Å². The molecule has 5 heteroatoms. The Bertz CT molecular complexity index is 846. The maximum Gasteiger partial charge on any atom is 0.320 e. The molecule has 0 aliphatic carbocycles. The zero-order valence-corrected chi connectivity index (χ0v) is 18.7. The molecule has 0 radical (unpaired) electrons. The fourth-order valence-corrected chi connectivity index (χ4v) is 3.33. The number of carbonyl (C=O) groups is 1. The second kappa shape index (κ2) is 8.87. The van der Waals surface area contributed by atoms with Crippen LogP contribution in [0, 0.1) is 20.8 Å². The highest BCUT2D eigenvalue weighted by Gasteiger charge is 2.55. The lowest BCUT2D eigenvalue weighted by Crippen LogP contribution is -2.56. The van der Waals surface area contributed by atoms with E-state index in [9.17, 15) is 9.90 Å². The maximum atomic E-state index is 12.2. The molecule has 0 spiro atoms. The van der Waals surface area contributed by atoms with Crippen LogP contribution >= 0.6 is 0 Å². The van der Waals surface area contributed by atoms with E-state index in [-0.39, 0.29) is 6.03 Å². The normalized spacial score (nSPS) is 23.3. The number of nitrogens with one attached hydrogen (secondary N) is 1. The third-order valence-electron chi connectivity index (χ3n) is 6.07. The van der Waals surface area contributed by atoms with E-state index in [4.69, 9.17) is 4.74 Å². The molecule has 0 saturated carbocycles. The Labute approximate surface area is 174 Å². The molecule has 2 atom stereocenters. The van der Waals surface area contributed by atoms with E-state index in [0.29, 0.717) is 13.0 Å². The number of aryl methyl sites for hydroxylation is 3. The van der Waals surface area contributed by atoms with Gasteiger partial charge in [-0.05, 0) is 69.9 Å². The minimum Gasteiger partial charge on any atom is -0.497 e. The third kappa shape index (κ3) is 4.91. The Morgan fingerprint density at radius 2 is 1.66 bits per heavy atom. The number of hydrogen-bond donors (Lipinski definition) is 2. The van der Waals surface area contributed by atoms with Crippen LogP contribution in [0.5, 0.6) is 5.75 Å². The highest BCUT2D eigenvalue weighted by Crippen LogP contribution is 2.35. The van der Waals surface area contributed by atoms with Gasteiger partial charge in [0.25, 0.3) is 0 Å². The average Bonchev–Trinajstić information content (AvgIpc) is 2.85. The molecule has 2 aromatic carbocycles. The van der Waals surface area contributed by atoms with Crippen LogP contribution < -0.4 is 10.1 Å². The van der Waals surface area contributed by atoms with Crippen LogP contribution in [0.1, 0.15) is 49.4 Å². The van der Waals surface area contributed by atoms with Crippen molar-refractivity contribution < 1.29 is 14.6 Å². The van der Waals surface area contributed by atoms with Crippen LogP contribution in [0.15, 0.2) is 42.5 Å². The van der Waals surface area contributed by atoms with Crippen LogP contribution in [0.2, 0.25) is 0 Å². The molecule has 0 aromatic heterocycles. The van der Waals surface area contributed by atoms with Crippen LogP contribution in [0.25, 0.3) is 0 Å². The quantitative estimate of drug-likeness (QED) is 0.784. The molecule has 2 N–H and O–H groups in total. The summed E-state index contributed by atoms with van der Waals surface area (Å²) in [6.07, 6.45) is 0.676. The summed E-state index contributed by atoms with van der Waals surface area (Å²) in [5, 5.41) is 13.7. The van der Waals surface area contributed by atoms with Gasteiger partial charge in [-0.15, -0.1) is 0 Å². The van der Waals surface area contributed by atoms with Crippen LogP contribution in [-0.2, 0) is 6.54 Å². The summed E-state index contributed by atoms with van der Waals surface area (Å²) in [4.78, 5) is 13.7. The average molecular weight is 399 g/mol. The first-order chi connectivity index (χ1) is 13.5. The summed E-state index contributed by atoms with van der Waals surface area (Å²) in [7, 11) is 1.67. The van der Waals surface area contributed by atoms with E-state index in [1.165, 1.54) is 21.6 Å². The Hall–Kier alpha value is -2.53. The van der Waals surface area contributed by atoms with Crippen molar-refractivity contribution in [2.24, 2.45) is 0 Å². The van der Waals surface area contributed by atoms with Gasteiger partial charge in [0.1, 0.15) is 5.75 Å². The number of rotatable bonds is 4. The van der Waals surface area contributed by atoms with Crippen LogP contribution in [0.4, 0.5) is 4.79 Å². The highest BCUT2D eigenvalue weighted by atomic mass is 16.5. The second-order valence-corrected chi connectivity index (χ2v) is 8.16. The van der Waals surface area contributed by atoms with Gasteiger partial charge in [0.2, 0.25) is 0 Å². The van der Waals surface area contributed by atoms with Crippen LogP contribution in [-0.4, -0.2) is 34.4 Å². The summed E-state index contributed by atoms with van der Waals surface area (Å²) < 4.78 is 4.97. The van der Waals surface area contributed by atoms with Crippen molar-refractivity contribution in [3.05, 3.63) is 64.7 Å². The molecule has 1 aliphatic heterocycles. The molecule has 1 aliphatic rings. The summed E-state index contributed by atoms with van der Waals surface area (Å²) in [6, 6.07) is 13.9. The number of methoxy groups -OCH3 is 1. The zero-order chi connectivity index (χ0) is 21.8. The summed E-state index contributed by atoms with van der Waals surface area (Å²) in [6.45, 7) is 12.1. The van der Waals surface area contributed by atoms with Crippen molar-refractivity contribution >= 4 is 6.03 Å². The molecule has 1 saturated heterocycles. The minimum absolute atomic E-state index is 0.211. The molecule has 2 unspecified atom stereocenters. The van der Waals surface area contributed by atoms with E-state index in [1.807, 2.05) is 50.2 Å². The van der Waals surface area contributed by atoms with E-state index in [0.717, 1.165) is 11.3 Å². The Morgan fingerprint density at radius 3 is 2.14 bits per heavy atom. The van der Waals surface area contributed by atoms with Gasteiger partial charge in [0.15, 0.2) is 5.72 Å². The predicted molar refractivity (Wildman–Crippen MR) is 117 cm³/mol. The molecular weight excluding hydrogens is 364 g/mol. The molecule has 3 rings (SSSR count). The second-order valence-electron chi connectivity index (χ2n) is 8.16. The molecule has 158 valence electrons. The molecule has 1 heterocycles. The van der Waals surface area contributed by atoms with Crippen molar-refractivity contribution in [1.82, 2.24) is 10.2 Å². The van der Waals surface area contributed by atoms with Gasteiger partial charge in [-0.1, -0.05) is 42.8 Å². The van der Waals surface area contributed by atoms with Gasteiger partial charge in [-0.25, -0.2) is 4.79 Å². The summed E-state index contributed by atoms with van der Waals surface area (Å²) >= 11 is 0. The van der Waals surface area contributed by atoms with E-state index in [1.54, 1.807) is 14.0 Å². The SMILES string of the molecule is CCC1(C)NC(=O)N(Cc2ccc(C)c(C)c2)C1(C)O.COc1ccc(C)cc1. The fraction of sp³-hybridized carbons (Fsp3) is 0.458.